The van der Waals surface area contributed by atoms with Gasteiger partial charge in [-0.1, -0.05) is 18.2 Å². The molecule has 0 atom stereocenters. The molecule has 0 spiro atoms. The third-order valence-corrected chi connectivity index (χ3v) is 3.08. The third-order valence-electron chi connectivity index (χ3n) is 1.83. The quantitative estimate of drug-likeness (QED) is 0.770. The molecule has 2 rings (SSSR count). The van der Waals surface area contributed by atoms with Crippen LogP contribution >= 0.6 is 31.9 Å². The van der Waals surface area contributed by atoms with Gasteiger partial charge in [0.25, 0.3) is 0 Å². The third kappa shape index (κ3) is 2.61. The van der Waals surface area contributed by atoms with E-state index in [4.69, 9.17) is 4.74 Å². The topological polar surface area (TPSA) is 9.23 Å². The van der Waals surface area contributed by atoms with Crippen molar-refractivity contribution in [2.24, 2.45) is 0 Å². The van der Waals surface area contributed by atoms with E-state index in [0.717, 1.165) is 20.4 Å². The van der Waals surface area contributed by atoms with Crippen LogP contribution in [-0.4, -0.2) is 0 Å². The number of hydrogen-bond donors (Lipinski definition) is 0. The molecular formula is C12H7Br2O. The first-order chi connectivity index (χ1) is 7.27. The van der Waals surface area contributed by atoms with Gasteiger partial charge in [0.1, 0.15) is 5.75 Å². The summed E-state index contributed by atoms with van der Waals surface area (Å²) in [5, 5.41) is 0. The zero-order valence-electron chi connectivity index (χ0n) is 7.71. The molecule has 0 amide bonds. The van der Waals surface area contributed by atoms with Crippen molar-refractivity contribution in [2.45, 2.75) is 0 Å². The fourth-order valence-electron chi connectivity index (χ4n) is 1.14. The van der Waals surface area contributed by atoms with E-state index in [0.29, 0.717) is 0 Å². The summed E-state index contributed by atoms with van der Waals surface area (Å²) in [7, 11) is 0. The van der Waals surface area contributed by atoms with Gasteiger partial charge < -0.3 is 4.74 Å². The van der Waals surface area contributed by atoms with Crippen LogP contribution in [0, 0.1) is 6.07 Å². The van der Waals surface area contributed by atoms with Gasteiger partial charge in [0.2, 0.25) is 0 Å². The second-order valence-corrected chi connectivity index (χ2v) is 4.60. The van der Waals surface area contributed by atoms with Gasteiger partial charge in [-0.3, -0.25) is 0 Å². The minimum Gasteiger partial charge on any atom is -0.455 e. The van der Waals surface area contributed by atoms with Gasteiger partial charge in [0, 0.05) is 0 Å². The molecule has 0 aliphatic carbocycles. The molecule has 2 aromatic rings. The molecule has 1 radical (unpaired) electrons. The number of rotatable bonds is 2. The van der Waals surface area contributed by atoms with Crippen molar-refractivity contribution in [1.82, 2.24) is 0 Å². The lowest BCUT2D eigenvalue weighted by Gasteiger charge is -2.08. The summed E-state index contributed by atoms with van der Waals surface area (Å²) in [6.07, 6.45) is 0. The Morgan fingerprint density at radius 3 is 2.13 bits per heavy atom. The smallest absolute Gasteiger partial charge is 0.155 e. The van der Waals surface area contributed by atoms with Crippen LogP contribution in [0.4, 0.5) is 0 Å². The first kappa shape index (κ1) is 10.7. The summed E-state index contributed by atoms with van der Waals surface area (Å²) < 4.78 is 7.57. The van der Waals surface area contributed by atoms with Gasteiger partial charge in [-0.25, -0.2) is 0 Å². The first-order valence-electron chi connectivity index (χ1n) is 4.35. The first-order valence-corrected chi connectivity index (χ1v) is 5.94. The molecule has 15 heavy (non-hydrogen) atoms. The Bertz CT molecular complexity index is 434. The molecule has 1 nitrogen and oxygen atoms in total. The Morgan fingerprint density at radius 2 is 1.53 bits per heavy atom. The zero-order valence-corrected chi connectivity index (χ0v) is 10.9. The van der Waals surface area contributed by atoms with Crippen molar-refractivity contribution in [3.63, 3.8) is 0 Å². The number of halogens is 2. The molecule has 2 aromatic carbocycles. The molecule has 0 aliphatic heterocycles. The van der Waals surface area contributed by atoms with Crippen LogP contribution in [-0.2, 0) is 0 Å². The standard InChI is InChI=1S/C12H7Br2O/c13-10-7-4-8-11(14)12(10)15-9-5-2-1-3-6-9/h2-8H. The van der Waals surface area contributed by atoms with Gasteiger partial charge in [-0.2, -0.15) is 0 Å². The van der Waals surface area contributed by atoms with Crippen molar-refractivity contribution >= 4 is 31.9 Å². The average Bonchev–Trinajstić information content (AvgIpc) is 2.25. The highest BCUT2D eigenvalue weighted by Crippen LogP contribution is 2.36. The second kappa shape index (κ2) is 4.81. The van der Waals surface area contributed by atoms with E-state index in [1.54, 1.807) is 0 Å². The van der Waals surface area contributed by atoms with Gasteiger partial charge in [0.15, 0.2) is 5.75 Å². The predicted molar refractivity (Wildman–Crippen MR) is 67.2 cm³/mol. The van der Waals surface area contributed by atoms with Crippen molar-refractivity contribution in [1.29, 1.82) is 0 Å². The number of benzene rings is 2. The maximum Gasteiger partial charge on any atom is 0.155 e. The van der Waals surface area contributed by atoms with E-state index in [-0.39, 0.29) is 0 Å². The summed E-state index contributed by atoms with van der Waals surface area (Å²) in [5.41, 5.74) is 0. The van der Waals surface area contributed by atoms with Crippen molar-refractivity contribution in [2.75, 3.05) is 0 Å². The van der Waals surface area contributed by atoms with Gasteiger partial charge in [-0.05, 0) is 62.2 Å². The minimum absolute atomic E-state index is 0.781. The van der Waals surface area contributed by atoms with Crippen LogP contribution in [0.15, 0.2) is 51.4 Å². The van der Waals surface area contributed by atoms with Crippen molar-refractivity contribution < 1.29 is 4.74 Å². The van der Waals surface area contributed by atoms with Crippen LogP contribution in [0.3, 0.4) is 0 Å². The van der Waals surface area contributed by atoms with E-state index in [1.807, 2.05) is 42.5 Å². The SMILES string of the molecule is Brc1cccc(Br)c1Oc1cc[c]cc1. The predicted octanol–water partition coefficient (Wildman–Crippen LogP) is 4.80. The lowest BCUT2D eigenvalue weighted by Crippen LogP contribution is -1.86. The summed E-state index contributed by atoms with van der Waals surface area (Å²) in [5.74, 6) is 1.57. The molecule has 0 fully saturated rings. The van der Waals surface area contributed by atoms with E-state index >= 15 is 0 Å². The highest BCUT2D eigenvalue weighted by atomic mass is 79.9. The largest absolute Gasteiger partial charge is 0.455 e. The number of ether oxygens (including phenoxy) is 1. The number of hydrogen-bond acceptors (Lipinski definition) is 1. The molecule has 0 unspecified atom stereocenters. The fraction of sp³-hybridized carbons (Fsp3) is 0. The normalized spacial score (nSPS) is 10.0. The maximum absolute atomic E-state index is 5.73. The van der Waals surface area contributed by atoms with Crippen LogP contribution in [0.1, 0.15) is 0 Å². The Hall–Kier alpha value is -0.800. The van der Waals surface area contributed by atoms with E-state index < -0.39 is 0 Å². The van der Waals surface area contributed by atoms with Gasteiger partial charge in [-0.15, -0.1) is 0 Å². The molecule has 0 saturated heterocycles. The molecule has 0 saturated carbocycles. The van der Waals surface area contributed by atoms with E-state index in [1.165, 1.54) is 0 Å². The Kier molecular flexibility index (Phi) is 3.44. The molecular weight excluding hydrogens is 320 g/mol. The molecule has 0 aromatic heterocycles. The lowest BCUT2D eigenvalue weighted by atomic mass is 10.3. The van der Waals surface area contributed by atoms with Gasteiger partial charge >= 0.3 is 0 Å². The minimum atomic E-state index is 0.781. The summed E-state index contributed by atoms with van der Waals surface area (Å²) in [6, 6.07) is 16.1. The Balaban J connectivity index is 2.32. The van der Waals surface area contributed by atoms with E-state index in [9.17, 15) is 0 Å². The average molecular weight is 327 g/mol. The molecule has 3 heteroatoms. The lowest BCUT2D eigenvalue weighted by molar-refractivity contribution is 0.476. The second-order valence-electron chi connectivity index (χ2n) is 2.89. The molecule has 0 N–H and O–H groups in total. The Morgan fingerprint density at radius 1 is 0.933 bits per heavy atom. The van der Waals surface area contributed by atoms with Crippen molar-refractivity contribution in [3.8, 4) is 11.5 Å². The van der Waals surface area contributed by atoms with Gasteiger partial charge in [0.05, 0.1) is 8.95 Å². The monoisotopic (exact) mass is 325 g/mol. The summed E-state index contributed by atoms with van der Waals surface area (Å²) in [6.45, 7) is 0. The Labute approximate surface area is 105 Å². The maximum atomic E-state index is 5.73. The summed E-state index contributed by atoms with van der Waals surface area (Å²) in [4.78, 5) is 0. The highest BCUT2D eigenvalue weighted by molar-refractivity contribution is 9.11. The number of para-hydroxylation sites is 1. The van der Waals surface area contributed by atoms with E-state index in [2.05, 4.69) is 37.9 Å². The molecule has 75 valence electrons. The summed E-state index contributed by atoms with van der Waals surface area (Å²) >= 11 is 6.88. The van der Waals surface area contributed by atoms with Crippen molar-refractivity contribution in [3.05, 3.63) is 57.5 Å². The fourth-order valence-corrected chi connectivity index (χ4v) is 2.30. The highest BCUT2D eigenvalue weighted by Gasteiger charge is 2.06. The zero-order chi connectivity index (χ0) is 10.7. The van der Waals surface area contributed by atoms with Crippen LogP contribution < -0.4 is 4.74 Å². The molecule has 0 heterocycles. The van der Waals surface area contributed by atoms with Crippen LogP contribution in [0.5, 0.6) is 11.5 Å². The molecule has 0 aliphatic rings. The van der Waals surface area contributed by atoms with Crippen LogP contribution in [0.2, 0.25) is 0 Å². The molecule has 0 bridgehead atoms. The van der Waals surface area contributed by atoms with Crippen LogP contribution in [0.25, 0.3) is 0 Å².